The number of nitrogens with zero attached hydrogens (tertiary/aromatic N) is 2. The Morgan fingerprint density at radius 2 is 2.10 bits per heavy atom. The van der Waals surface area contributed by atoms with Gasteiger partial charge in [-0.25, -0.2) is 9.78 Å². The summed E-state index contributed by atoms with van der Waals surface area (Å²) >= 11 is 0. The Balaban J connectivity index is 2.11. The Kier molecular flexibility index (Phi) is 4.14. The van der Waals surface area contributed by atoms with Crippen LogP contribution in [0, 0.1) is 11.3 Å². The summed E-state index contributed by atoms with van der Waals surface area (Å²) in [6.07, 6.45) is 0.979. The van der Waals surface area contributed by atoms with Crippen molar-refractivity contribution in [2.24, 2.45) is 0 Å². The van der Waals surface area contributed by atoms with Crippen LogP contribution in [0.15, 0.2) is 42.6 Å². The van der Waals surface area contributed by atoms with Crippen LogP contribution in [0.25, 0.3) is 0 Å². The highest BCUT2D eigenvalue weighted by Gasteiger charge is 2.03. The van der Waals surface area contributed by atoms with Gasteiger partial charge in [0.1, 0.15) is 11.9 Å². The Morgan fingerprint density at radius 3 is 2.75 bits per heavy atom. The largest absolute Gasteiger partial charge is 0.453 e. The predicted octanol–water partition coefficient (Wildman–Crippen LogP) is 2.88. The minimum atomic E-state index is -0.576. The maximum absolute atomic E-state index is 11.0. The molecule has 6 nitrogen and oxygen atoms in total. The number of rotatable bonds is 3. The maximum atomic E-state index is 11.0. The molecule has 0 radical (unpaired) electrons. The second-order valence-corrected chi connectivity index (χ2v) is 3.83. The molecule has 1 amide bonds. The van der Waals surface area contributed by atoms with Crippen molar-refractivity contribution in [3.05, 3.63) is 48.2 Å². The number of hydrogen-bond donors (Lipinski definition) is 2. The molecule has 0 aliphatic carbocycles. The molecule has 0 saturated heterocycles. The molecule has 0 bridgehead atoms. The van der Waals surface area contributed by atoms with E-state index in [1.165, 1.54) is 7.11 Å². The first kappa shape index (κ1) is 13.4. The zero-order valence-electron chi connectivity index (χ0n) is 10.8. The zero-order valence-corrected chi connectivity index (χ0v) is 10.8. The van der Waals surface area contributed by atoms with E-state index >= 15 is 0 Å². The minimum Gasteiger partial charge on any atom is -0.453 e. The van der Waals surface area contributed by atoms with E-state index in [4.69, 9.17) is 5.26 Å². The van der Waals surface area contributed by atoms with Crippen molar-refractivity contribution >= 4 is 23.3 Å². The molecule has 1 heterocycles. The Hall–Kier alpha value is -3.07. The number of benzene rings is 1. The van der Waals surface area contributed by atoms with Crippen LogP contribution >= 0.6 is 0 Å². The lowest BCUT2D eigenvalue weighted by atomic mass is 10.2. The van der Waals surface area contributed by atoms with Crippen molar-refractivity contribution in [3.8, 4) is 6.07 Å². The molecule has 0 aliphatic heterocycles. The molecule has 0 aliphatic rings. The van der Waals surface area contributed by atoms with Gasteiger partial charge in [-0.3, -0.25) is 5.32 Å². The van der Waals surface area contributed by atoms with Crippen LogP contribution in [-0.2, 0) is 4.74 Å². The van der Waals surface area contributed by atoms with E-state index in [0.717, 1.165) is 0 Å². The van der Waals surface area contributed by atoms with Crippen LogP contribution in [0.1, 0.15) is 5.56 Å². The van der Waals surface area contributed by atoms with Gasteiger partial charge in [-0.15, -0.1) is 0 Å². The summed E-state index contributed by atoms with van der Waals surface area (Å²) in [5.74, 6) is 0.385. The van der Waals surface area contributed by atoms with Gasteiger partial charge in [0.15, 0.2) is 0 Å². The highest BCUT2D eigenvalue weighted by atomic mass is 16.5. The standard InChI is InChI=1S/C14H12N4O2/c1-20-14(19)18-13-7-6-11(9-16-13)17-12-5-3-2-4-10(12)8-15/h2-7,9,17H,1H3,(H,16,18,19). The van der Waals surface area contributed by atoms with E-state index in [9.17, 15) is 4.79 Å². The van der Waals surface area contributed by atoms with Gasteiger partial charge in [0.2, 0.25) is 0 Å². The molecular formula is C14H12N4O2. The lowest BCUT2D eigenvalue weighted by molar-refractivity contribution is 0.187. The van der Waals surface area contributed by atoms with E-state index in [2.05, 4.69) is 26.4 Å². The number of anilines is 3. The number of nitrogens with one attached hydrogen (secondary N) is 2. The predicted molar refractivity (Wildman–Crippen MR) is 74.7 cm³/mol. The fraction of sp³-hybridized carbons (Fsp3) is 0.0714. The van der Waals surface area contributed by atoms with Crippen LogP contribution < -0.4 is 10.6 Å². The topological polar surface area (TPSA) is 87.0 Å². The molecule has 2 rings (SSSR count). The second-order valence-electron chi connectivity index (χ2n) is 3.83. The summed E-state index contributed by atoms with van der Waals surface area (Å²) in [5.41, 5.74) is 1.96. The Labute approximate surface area is 116 Å². The van der Waals surface area contributed by atoms with Crippen molar-refractivity contribution < 1.29 is 9.53 Å². The Bertz CT molecular complexity index is 647. The number of nitriles is 1. The number of hydrogen-bond acceptors (Lipinski definition) is 5. The van der Waals surface area contributed by atoms with E-state index in [1.54, 1.807) is 36.5 Å². The van der Waals surface area contributed by atoms with Gasteiger partial charge in [0.05, 0.1) is 30.2 Å². The number of amides is 1. The molecule has 6 heteroatoms. The number of para-hydroxylation sites is 1. The first-order chi connectivity index (χ1) is 9.72. The van der Waals surface area contributed by atoms with Crippen molar-refractivity contribution in [3.63, 3.8) is 0 Å². The van der Waals surface area contributed by atoms with Crippen LogP contribution in [0.3, 0.4) is 0 Å². The average Bonchev–Trinajstić information content (AvgIpc) is 2.49. The van der Waals surface area contributed by atoms with Gasteiger partial charge in [-0.05, 0) is 24.3 Å². The van der Waals surface area contributed by atoms with E-state index < -0.39 is 6.09 Å². The number of ether oxygens (including phenoxy) is 1. The van der Waals surface area contributed by atoms with Gasteiger partial charge in [0.25, 0.3) is 0 Å². The van der Waals surface area contributed by atoms with E-state index in [-0.39, 0.29) is 0 Å². The van der Waals surface area contributed by atoms with Gasteiger partial charge in [0, 0.05) is 0 Å². The molecule has 0 unspecified atom stereocenters. The molecule has 0 atom stereocenters. The lowest BCUT2D eigenvalue weighted by Gasteiger charge is -2.08. The average molecular weight is 268 g/mol. The molecular weight excluding hydrogens is 256 g/mol. The number of aromatic nitrogens is 1. The molecule has 0 saturated carbocycles. The zero-order chi connectivity index (χ0) is 14.4. The highest BCUT2D eigenvalue weighted by Crippen LogP contribution is 2.20. The molecule has 0 spiro atoms. The summed E-state index contributed by atoms with van der Waals surface area (Å²) in [5, 5.41) is 14.5. The third-order valence-corrected chi connectivity index (χ3v) is 2.51. The molecule has 20 heavy (non-hydrogen) atoms. The van der Waals surface area contributed by atoms with Crippen LogP contribution in [0.4, 0.5) is 22.0 Å². The van der Waals surface area contributed by atoms with Gasteiger partial charge in [-0.1, -0.05) is 12.1 Å². The summed E-state index contributed by atoms with van der Waals surface area (Å²) in [7, 11) is 1.28. The van der Waals surface area contributed by atoms with Gasteiger partial charge >= 0.3 is 6.09 Å². The number of methoxy groups -OCH3 is 1. The fourth-order valence-corrected chi connectivity index (χ4v) is 1.54. The first-order valence-electron chi connectivity index (χ1n) is 5.80. The summed E-state index contributed by atoms with van der Waals surface area (Å²) < 4.78 is 4.47. The minimum absolute atomic E-state index is 0.385. The Morgan fingerprint density at radius 1 is 1.30 bits per heavy atom. The summed E-state index contributed by atoms with van der Waals surface area (Å²) in [6, 6.07) is 12.6. The SMILES string of the molecule is COC(=O)Nc1ccc(Nc2ccccc2C#N)cn1. The number of carbonyl (C=O) groups excluding carboxylic acids is 1. The third kappa shape index (κ3) is 3.23. The van der Waals surface area contributed by atoms with E-state index in [1.807, 2.05) is 6.07 Å². The van der Waals surface area contributed by atoms with Crippen molar-refractivity contribution in [1.29, 1.82) is 5.26 Å². The second kappa shape index (κ2) is 6.20. The maximum Gasteiger partial charge on any atom is 0.412 e. The van der Waals surface area contributed by atoms with Crippen LogP contribution in [0.5, 0.6) is 0 Å². The molecule has 2 N–H and O–H groups in total. The van der Waals surface area contributed by atoms with Gasteiger partial charge < -0.3 is 10.1 Å². The van der Waals surface area contributed by atoms with E-state index in [0.29, 0.717) is 22.8 Å². The smallest absolute Gasteiger partial charge is 0.412 e. The summed E-state index contributed by atoms with van der Waals surface area (Å²) in [4.78, 5) is 15.1. The number of carbonyl (C=O) groups is 1. The van der Waals surface area contributed by atoms with Crippen LogP contribution in [0.2, 0.25) is 0 Å². The van der Waals surface area contributed by atoms with Crippen molar-refractivity contribution in [2.75, 3.05) is 17.7 Å². The molecule has 1 aromatic carbocycles. The van der Waals surface area contributed by atoms with Crippen molar-refractivity contribution in [1.82, 2.24) is 4.98 Å². The van der Waals surface area contributed by atoms with Crippen LogP contribution in [-0.4, -0.2) is 18.2 Å². The normalized spacial score (nSPS) is 9.40. The molecule has 1 aromatic heterocycles. The molecule has 2 aromatic rings. The first-order valence-corrected chi connectivity index (χ1v) is 5.80. The van der Waals surface area contributed by atoms with Crippen molar-refractivity contribution in [2.45, 2.75) is 0 Å². The molecule has 100 valence electrons. The highest BCUT2D eigenvalue weighted by molar-refractivity contribution is 5.83. The monoisotopic (exact) mass is 268 g/mol. The van der Waals surface area contributed by atoms with Gasteiger partial charge in [-0.2, -0.15) is 5.26 Å². The third-order valence-electron chi connectivity index (χ3n) is 2.51. The fourth-order valence-electron chi connectivity index (χ4n) is 1.54. The number of pyridine rings is 1. The lowest BCUT2D eigenvalue weighted by Crippen LogP contribution is -2.11. The summed E-state index contributed by atoms with van der Waals surface area (Å²) in [6.45, 7) is 0. The molecule has 0 fully saturated rings. The quantitative estimate of drug-likeness (QED) is 0.893.